The van der Waals surface area contributed by atoms with Crippen molar-refractivity contribution in [3.8, 4) is 11.3 Å². The predicted molar refractivity (Wildman–Crippen MR) is 133 cm³/mol. The Morgan fingerprint density at radius 1 is 1.03 bits per heavy atom. The van der Waals surface area contributed by atoms with Gasteiger partial charge < -0.3 is 19.8 Å². The second-order valence-electron chi connectivity index (χ2n) is 7.94. The van der Waals surface area contributed by atoms with E-state index < -0.39 is 30.4 Å². The van der Waals surface area contributed by atoms with Crippen molar-refractivity contribution in [2.75, 3.05) is 18.5 Å². The number of amides is 4. The molecule has 9 nitrogen and oxygen atoms in total. The second kappa shape index (κ2) is 10.7. The minimum Gasteiger partial charge on any atom is -0.462 e. The fourth-order valence-electron chi connectivity index (χ4n) is 3.71. The van der Waals surface area contributed by atoms with Crippen LogP contribution in [0.15, 0.2) is 70.8 Å². The first-order valence-corrected chi connectivity index (χ1v) is 11.5. The molecule has 0 unspecified atom stereocenters. The standard InChI is InChI=1S/C27H25N3O6/c1-3-17-7-5-6-8-21(17)28-24(31)16-30-25(32)22(29-27(30)34)15-20-13-14-23(36-20)18-9-11-19(12-10-18)26(33)35-4-2/h5-15H,3-4,16H2,1-2H3,(H,28,31)(H,29,34)/b22-15+. The molecule has 36 heavy (non-hydrogen) atoms. The fraction of sp³-hybridized carbons (Fsp3) is 0.185. The molecule has 9 heteroatoms. The fourth-order valence-corrected chi connectivity index (χ4v) is 3.71. The highest BCUT2D eigenvalue weighted by molar-refractivity contribution is 6.15. The van der Waals surface area contributed by atoms with Gasteiger partial charge in [-0.25, -0.2) is 14.5 Å². The molecule has 0 aliphatic carbocycles. The first kappa shape index (κ1) is 24.5. The van der Waals surface area contributed by atoms with Crippen LogP contribution in [-0.4, -0.2) is 41.9 Å². The molecule has 1 fully saturated rings. The van der Waals surface area contributed by atoms with Gasteiger partial charge in [0.05, 0.1) is 12.2 Å². The summed E-state index contributed by atoms with van der Waals surface area (Å²) in [6.45, 7) is 3.58. The minimum atomic E-state index is -0.688. The summed E-state index contributed by atoms with van der Waals surface area (Å²) in [6, 6.07) is 16.7. The minimum absolute atomic E-state index is 0.000294. The van der Waals surface area contributed by atoms with Gasteiger partial charge in [-0.05, 0) is 49.2 Å². The number of rotatable bonds is 8. The van der Waals surface area contributed by atoms with Crippen LogP contribution in [0.1, 0.15) is 35.5 Å². The van der Waals surface area contributed by atoms with Crippen LogP contribution in [0.25, 0.3) is 17.4 Å². The molecule has 0 radical (unpaired) electrons. The van der Waals surface area contributed by atoms with E-state index in [-0.39, 0.29) is 5.70 Å². The van der Waals surface area contributed by atoms with Crippen LogP contribution < -0.4 is 10.6 Å². The van der Waals surface area contributed by atoms with Crippen molar-refractivity contribution in [2.24, 2.45) is 0 Å². The summed E-state index contributed by atoms with van der Waals surface area (Å²) in [4.78, 5) is 50.3. The van der Waals surface area contributed by atoms with Gasteiger partial charge in [-0.2, -0.15) is 0 Å². The molecule has 0 saturated carbocycles. The molecule has 1 aliphatic heterocycles. The number of furan rings is 1. The number of esters is 1. The molecule has 1 saturated heterocycles. The summed E-state index contributed by atoms with van der Waals surface area (Å²) in [7, 11) is 0. The first-order chi connectivity index (χ1) is 17.4. The third kappa shape index (κ3) is 5.35. The van der Waals surface area contributed by atoms with Crippen LogP contribution in [0.5, 0.6) is 0 Å². The van der Waals surface area contributed by atoms with Crippen molar-refractivity contribution in [3.05, 3.63) is 83.2 Å². The molecule has 2 heterocycles. The van der Waals surface area contributed by atoms with Crippen LogP contribution in [-0.2, 0) is 20.7 Å². The number of imide groups is 1. The van der Waals surface area contributed by atoms with Gasteiger partial charge in [0.15, 0.2) is 0 Å². The molecule has 1 aromatic heterocycles. The lowest BCUT2D eigenvalue weighted by atomic mass is 10.1. The second-order valence-corrected chi connectivity index (χ2v) is 7.94. The molecule has 1 aliphatic rings. The SMILES string of the molecule is CCOC(=O)c1ccc(-c2ccc(/C=C3/NC(=O)N(CC(=O)Nc4ccccc4CC)C3=O)o2)cc1. The zero-order valence-electron chi connectivity index (χ0n) is 19.9. The average Bonchev–Trinajstić information content (AvgIpc) is 3.45. The van der Waals surface area contributed by atoms with Gasteiger partial charge in [-0.3, -0.25) is 9.59 Å². The molecule has 184 valence electrons. The third-order valence-electron chi connectivity index (χ3n) is 5.53. The Balaban J connectivity index is 1.43. The first-order valence-electron chi connectivity index (χ1n) is 11.5. The number of aryl methyl sites for hydroxylation is 1. The van der Waals surface area contributed by atoms with E-state index in [4.69, 9.17) is 9.15 Å². The Bertz CT molecular complexity index is 1340. The molecule has 2 N–H and O–H groups in total. The third-order valence-corrected chi connectivity index (χ3v) is 5.53. The van der Waals surface area contributed by atoms with E-state index in [0.29, 0.717) is 29.4 Å². The van der Waals surface area contributed by atoms with Gasteiger partial charge in [-0.15, -0.1) is 0 Å². The quantitative estimate of drug-likeness (QED) is 0.279. The van der Waals surface area contributed by atoms with Gasteiger partial charge in [0.2, 0.25) is 5.91 Å². The zero-order chi connectivity index (χ0) is 25.7. The Morgan fingerprint density at radius 2 is 1.78 bits per heavy atom. The molecule has 0 atom stereocenters. The smallest absolute Gasteiger partial charge is 0.338 e. The number of benzene rings is 2. The maximum atomic E-state index is 12.8. The summed E-state index contributed by atoms with van der Waals surface area (Å²) in [5.74, 6) is -0.661. The molecule has 4 amide bonds. The van der Waals surface area contributed by atoms with E-state index in [0.717, 1.165) is 22.4 Å². The number of carbonyl (C=O) groups is 4. The topological polar surface area (TPSA) is 118 Å². The number of anilines is 1. The largest absolute Gasteiger partial charge is 0.462 e. The van der Waals surface area contributed by atoms with Crippen molar-refractivity contribution < 1.29 is 28.3 Å². The van der Waals surface area contributed by atoms with Crippen LogP contribution >= 0.6 is 0 Å². The van der Waals surface area contributed by atoms with Gasteiger partial charge in [0.1, 0.15) is 23.8 Å². The van der Waals surface area contributed by atoms with Gasteiger partial charge >= 0.3 is 12.0 Å². The average molecular weight is 488 g/mol. The Morgan fingerprint density at radius 3 is 2.50 bits per heavy atom. The van der Waals surface area contributed by atoms with E-state index in [1.54, 1.807) is 55.5 Å². The van der Waals surface area contributed by atoms with Crippen molar-refractivity contribution in [2.45, 2.75) is 20.3 Å². The highest BCUT2D eigenvalue weighted by atomic mass is 16.5. The monoisotopic (exact) mass is 487 g/mol. The van der Waals surface area contributed by atoms with Crippen LogP contribution in [0.3, 0.4) is 0 Å². The van der Waals surface area contributed by atoms with E-state index in [2.05, 4.69) is 10.6 Å². The summed E-state index contributed by atoms with van der Waals surface area (Å²) >= 11 is 0. The molecular formula is C27H25N3O6. The molecule has 0 spiro atoms. The number of nitrogens with one attached hydrogen (secondary N) is 2. The molecule has 3 aromatic rings. The van der Waals surface area contributed by atoms with E-state index in [1.165, 1.54) is 6.08 Å². The van der Waals surface area contributed by atoms with Crippen molar-refractivity contribution in [1.29, 1.82) is 0 Å². The summed E-state index contributed by atoms with van der Waals surface area (Å²) in [6.07, 6.45) is 2.13. The summed E-state index contributed by atoms with van der Waals surface area (Å²) in [5.41, 5.74) is 2.75. The van der Waals surface area contributed by atoms with Crippen LogP contribution in [0.4, 0.5) is 10.5 Å². The van der Waals surface area contributed by atoms with E-state index in [1.807, 2.05) is 19.1 Å². The van der Waals surface area contributed by atoms with Gasteiger partial charge in [0, 0.05) is 17.3 Å². The number of hydrogen-bond donors (Lipinski definition) is 2. The number of carbonyl (C=O) groups excluding carboxylic acids is 4. The highest BCUT2D eigenvalue weighted by Crippen LogP contribution is 2.25. The lowest BCUT2D eigenvalue weighted by Crippen LogP contribution is -2.38. The summed E-state index contributed by atoms with van der Waals surface area (Å²) < 4.78 is 10.8. The Kier molecular flexibility index (Phi) is 7.29. The molecule has 0 bridgehead atoms. The maximum Gasteiger partial charge on any atom is 0.338 e. The van der Waals surface area contributed by atoms with Crippen molar-refractivity contribution >= 4 is 35.6 Å². The molecular weight excluding hydrogens is 462 g/mol. The Hall–Kier alpha value is -4.66. The van der Waals surface area contributed by atoms with Crippen molar-refractivity contribution in [1.82, 2.24) is 10.2 Å². The van der Waals surface area contributed by atoms with E-state index in [9.17, 15) is 19.2 Å². The molecule has 2 aromatic carbocycles. The Labute approximate surface area is 207 Å². The number of urea groups is 1. The lowest BCUT2D eigenvalue weighted by molar-refractivity contribution is -0.127. The van der Waals surface area contributed by atoms with Crippen molar-refractivity contribution in [3.63, 3.8) is 0 Å². The number of nitrogens with zero attached hydrogens (tertiary/aromatic N) is 1. The number of hydrogen-bond acceptors (Lipinski definition) is 6. The molecule has 4 rings (SSSR count). The van der Waals surface area contributed by atoms with Crippen LogP contribution in [0, 0.1) is 0 Å². The lowest BCUT2D eigenvalue weighted by Gasteiger charge is -2.13. The predicted octanol–water partition coefficient (Wildman–Crippen LogP) is 4.22. The van der Waals surface area contributed by atoms with Gasteiger partial charge in [-0.1, -0.05) is 37.3 Å². The maximum absolute atomic E-state index is 12.8. The van der Waals surface area contributed by atoms with Gasteiger partial charge in [0.25, 0.3) is 5.91 Å². The van der Waals surface area contributed by atoms with E-state index >= 15 is 0 Å². The zero-order valence-corrected chi connectivity index (χ0v) is 19.9. The highest BCUT2D eigenvalue weighted by Gasteiger charge is 2.35. The number of ether oxygens (including phenoxy) is 1. The summed E-state index contributed by atoms with van der Waals surface area (Å²) in [5, 5.41) is 5.24. The number of para-hydroxylation sites is 1. The van der Waals surface area contributed by atoms with Crippen LogP contribution in [0.2, 0.25) is 0 Å². The normalized spacial score (nSPS) is 14.2.